The van der Waals surface area contributed by atoms with Crippen LogP contribution in [0.2, 0.25) is 0 Å². The Bertz CT molecular complexity index is 484. The van der Waals surface area contributed by atoms with Crippen LogP contribution in [0, 0.1) is 5.41 Å². The average Bonchev–Trinajstić information content (AvgIpc) is 2.43. The lowest BCUT2D eigenvalue weighted by Crippen LogP contribution is -2.40. The van der Waals surface area contributed by atoms with Crippen molar-refractivity contribution in [2.75, 3.05) is 13.2 Å². The van der Waals surface area contributed by atoms with Crippen LogP contribution < -0.4 is 10.9 Å². The van der Waals surface area contributed by atoms with Crippen LogP contribution in [0.1, 0.15) is 37.2 Å². The zero-order valence-electron chi connectivity index (χ0n) is 11.6. The first-order valence-electron chi connectivity index (χ1n) is 6.41. The average molecular weight is 267 g/mol. The number of amides is 1. The third-order valence-electron chi connectivity index (χ3n) is 3.65. The molecule has 0 bridgehead atoms. The van der Waals surface area contributed by atoms with E-state index in [1.165, 1.54) is 19.2 Å². The number of hydrogen-bond acceptors (Lipinski definition) is 4. The van der Waals surface area contributed by atoms with Gasteiger partial charge in [0, 0.05) is 25.1 Å². The number of aryl methyl sites for hydroxylation is 1. The van der Waals surface area contributed by atoms with Crippen molar-refractivity contribution in [3.05, 3.63) is 28.2 Å². The van der Waals surface area contributed by atoms with Gasteiger partial charge in [-0.3, -0.25) is 9.59 Å². The summed E-state index contributed by atoms with van der Waals surface area (Å²) in [7, 11) is 1.50. The van der Waals surface area contributed by atoms with Gasteiger partial charge in [0.05, 0.1) is 6.61 Å². The molecule has 1 heterocycles. The van der Waals surface area contributed by atoms with E-state index >= 15 is 0 Å². The van der Waals surface area contributed by atoms with E-state index in [9.17, 15) is 14.7 Å². The van der Waals surface area contributed by atoms with Crippen molar-refractivity contribution < 1.29 is 9.90 Å². The molecule has 2 N–H and O–H groups in total. The Balaban J connectivity index is 2.74. The van der Waals surface area contributed by atoms with E-state index in [1.807, 2.05) is 13.8 Å². The SMILES string of the molecule is CCC(CC)(CO)CNC(=O)c1ccc(=O)n(C)n1. The maximum absolute atomic E-state index is 11.9. The Kier molecular flexibility index (Phi) is 5.23. The zero-order chi connectivity index (χ0) is 14.5. The Labute approximate surface area is 112 Å². The molecule has 106 valence electrons. The summed E-state index contributed by atoms with van der Waals surface area (Å²) >= 11 is 0. The van der Waals surface area contributed by atoms with Crippen molar-refractivity contribution in [1.82, 2.24) is 15.1 Å². The molecule has 0 unspecified atom stereocenters. The summed E-state index contributed by atoms with van der Waals surface area (Å²) in [6.45, 7) is 4.38. The normalized spacial score (nSPS) is 11.4. The summed E-state index contributed by atoms with van der Waals surface area (Å²) in [5.41, 5.74) is -0.361. The number of nitrogens with zero attached hydrogens (tertiary/aromatic N) is 2. The van der Waals surface area contributed by atoms with Gasteiger partial charge in [0.15, 0.2) is 0 Å². The first-order chi connectivity index (χ1) is 8.98. The standard InChI is InChI=1S/C13H21N3O3/c1-4-13(5-2,9-17)8-14-12(19)10-6-7-11(18)16(3)15-10/h6-7,17H,4-5,8-9H2,1-3H3,(H,14,19). The first kappa shape index (κ1) is 15.4. The number of carbonyl (C=O) groups excluding carboxylic acids is 1. The fraction of sp³-hybridized carbons (Fsp3) is 0.615. The van der Waals surface area contributed by atoms with Crippen molar-refractivity contribution in [2.45, 2.75) is 26.7 Å². The lowest BCUT2D eigenvalue weighted by molar-refractivity contribution is 0.0845. The monoisotopic (exact) mass is 267 g/mol. The lowest BCUT2D eigenvalue weighted by atomic mass is 9.83. The van der Waals surface area contributed by atoms with Crippen LogP contribution in [0.15, 0.2) is 16.9 Å². The smallest absolute Gasteiger partial charge is 0.271 e. The quantitative estimate of drug-likeness (QED) is 0.777. The molecule has 0 aliphatic rings. The molecule has 1 aromatic rings. The number of carbonyl (C=O) groups is 1. The van der Waals surface area contributed by atoms with E-state index in [2.05, 4.69) is 10.4 Å². The highest BCUT2D eigenvalue weighted by molar-refractivity contribution is 5.92. The van der Waals surface area contributed by atoms with Crippen LogP contribution in [-0.2, 0) is 7.05 Å². The summed E-state index contributed by atoms with van der Waals surface area (Å²) in [6.07, 6.45) is 1.56. The molecule has 0 spiro atoms. The van der Waals surface area contributed by atoms with E-state index in [0.29, 0.717) is 6.54 Å². The highest BCUT2D eigenvalue weighted by Crippen LogP contribution is 2.24. The van der Waals surface area contributed by atoms with E-state index < -0.39 is 0 Å². The molecule has 0 atom stereocenters. The second-order valence-corrected chi connectivity index (χ2v) is 4.73. The number of nitrogens with one attached hydrogen (secondary N) is 1. The largest absolute Gasteiger partial charge is 0.396 e. The van der Waals surface area contributed by atoms with Crippen molar-refractivity contribution in [2.24, 2.45) is 12.5 Å². The molecule has 0 radical (unpaired) electrons. The number of aliphatic hydroxyl groups is 1. The van der Waals surface area contributed by atoms with Gasteiger partial charge in [-0.15, -0.1) is 0 Å². The van der Waals surface area contributed by atoms with E-state index in [0.717, 1.165) is 17.5 Å². The summed E-state index contributed by atoms with van der Waals surface area (Å²) in [6, 6.07) is 2.71. The predicted octanol–water partition coefficient (Wildman–Crippen LogP) is 0.309. The molecule has 0 saturated heterocycles. The van der Waals surface area contributed by atoms with Crippen LogP contribution >= 0.6 is 0 Å². The van der Waals surface area contributed by atoms with Crippen LogP contribution in [0.25, 0.3) is 0 Å². The summed E-state index contributed by atoms with van der Waals surface area (Å²) < 4.78 is 1.12. The third-order valence-corrected chi connectivity index (χ3v) is 3.65. The van der Waals surface area contributed by atoms with Gasteiger partial charge in [0.25, 0.3) is 11.5 Å². The zero-order valence-corrected chi connectivity index (χ0v) is 11.6. The summed E-state index contributed by atoms with van der Waals surface area (Å²) in [4.78, 5) is 23.1. The highest BCUT2D eigenvalue weighted by atomic mass is 16.3. The van der Waals surface area contributed by atoms with Gasteiger partial charge >= 0.3 is 0 Å². The highest BCUT2D eigenvalue weighted by Gasteiger charge is 2.26. The van der Waals surface area contributed by atoms with Crippen LogP contribution in [0.3, 0.4) is 0 Å². The van der Waals surface area contributed by atoms with Crippen molar-refractivity contribution in [3.63, 3.8) is 0 Å². The summed E-state index contributed by atoms with van der Waals surface area (Å²) in [5.74, 6) is -0.338. The minimum Gasteiger partial charge on any atom is -0.396 e. The Hall–Kier alpha value is -1.69. The number of aliphatic hydroxyl groups excluding tert-OH is 1. The van der Waals surface area contributed by atoms with Crippen molar-refractivity contribution >= 4 is 5.91 Å². The van der Waals surface area contributed by atoms with Gasteiger partial charge in [-0.25, -0.2) is 4.68 Å². The second-order valence-electron chi connectivity index (χ2n) is 4.73. The maximum atomic E-state index is 11.9. The maximum Gasteiger partial charge on any atom is 0.271 e. The summed E-state index contributed by atoms with van der Waals surface area (Å²) in [5, 5.41) is 16.1. The molecule has 0 saturated carbocycles. The van der Waals surface area contributed by atoms with Gasteiger partial charge in [-0.05, 0) is 18.9 Å². The number of aromatic nitrogens is 2. The van der Waals surface area contributed by atoms with Crippen LogP contribution in [-0.4, -0.2) is 33.9 Å². The van der Waals surface area contributed by atoms with E-state index in [1.54, 1.807) is 0 Å². The van der Waals surface area contributed by atoms with E-state index in [4.69, 9.17) is 0 Å². The topological polar surface area (TPSA) is 84.2 Å². The molecule has 6 heteroatoms. The van der Waals surface area contributed by atoms with Gasteiger partial charge in [-0.2, -0.15) is 5.10 Å². The minimum absolute atomic E-state index is 0.0288. The molecule has 6 nitrogen and oxygen atoms in total. The third kappa shape index (κ3) is 3.64. The van der Waals surface area contributed by atoms with Gasteiger partial charge in [0.2, 0.25) is 0 Å². The number of hydrogen-bond donors (Lipinski definition) is 2. The minimum atomic E-state index is -0.338. The van der Waals surface area contributed by atoms with Crippen molar-refractivity contribution in [1.29, 1.82) is 0 Å². The Morgan fingerprint density at radius 3 is 2.53 bits per heavy atom. The second kappa shape index (κ2) is 6.47. The van der Waals surface area contributed by atoms with Crippen LogP contribution in [0.5, 0.6) is 0 Å². The molecular weight excluding hydrogens is 246 g/mol. The molecule has 0 fully saturated rings. The molecule has 1 rings (SSSR count). The molecule has 0 aliphatic heterocycles. The lowest BCUT2D eigenvalue weighted by Gasteiger charge is -2.29. The van der Waals surface area contributed by atoms with Crippen LogP contribution in [0.4, 0.5) is 0 Å². The fourth-order valence-electron chi connectivity index (χ4n) is 1.76. The molecule has 19 heavy (non-hydrogen) atoms. The first-order valence-corrected chi connectivity index (χ1v) is 6.41. The predicted molar refractivity (Wildman–Crippen MR) is 71.9 cm³/mol. The Morgan fingerprint density at radius 1 is 1.42 bits per heavy atom. The number of rotatable bonds is 6. The van der Waals surface area contributed by atoms with Crippen molar-refractivity contribution in [3.8, 4) is 0 Å². The van der Waals surface area contributed by atoms with Gasteiger partial charge < -0.3 is 10.4 Å². The molecule has 0 aliphatic carbocycles. The molecule has 0 aromatic carbocycles. The molecule has 1 aromatic heterocycles. The molecule has 1 amide bonds. The van der Waals surface area contributed by atoms with Gasteiger partial charge in [0.1, 0.15) is 5.69 Å². The Morgan fingerprint density at radius 2 is 2.05 bits per heavy atom. The van der Waals surface area contributed by atoms with Gasteiger partial charge in [-0.1, -0.05) is 13.8 Å². The van der Waals surface area contributed by atoms with E-state index in [-0.39, 0.29) is 29.2 Å². The molecular formula is C13H21N3O3. The fourth-order valence-corrected chi connectivity index (χ4v) is 1.76.